The standard InChI is InChI=1S/C17H28FNO/c1-7-10-19-15(16(20-6)17(3,4)5)13-9-8-12(2)14(18)11-13/h8-9,11,15-16,19H,7,10H2,1-6H3. The molecule has 0 aliphatic heterocycles. The van der Waals surface area contributed by atoms with Crippen molar-refractivity contribution in [3.63, 3.8) is 0 Å². The molecule has 1 aromatic carbocycles. The van der Waals surface area contributed by atoms with Gasteiger partial charge in [0.1, 0.15) is 5.82 Å². The minimum Gasteiger partial charge on any atom is -0.379 e. The first-order valence-electron chi connectivity index (χ1n) is 7.33. The van der Waals surface area contributed by atoms with Crippen LogP contribution in [-0.2, 0) is 4.74 Å². The molecular weight excluding hydrogens is 253 g/mol. The lowest BCUT2D eigenvalue weighted by molar-refractivity contribution is -0.0120. The molecule has 0 spiro atoms. The van der Waals surface area contributed by atoms with Crippen LogP contribution in [0.2, 0.25) is 0 Å². The van der Waals surface area contributed by atoms with Crippen molar-refractivity contribution in [2.45, 2.75) is 53.2 Å². The zero-order chi connectivity index (χ0) is 15.3. The lowest BCUT2D eigenvalue weighted by Crippen LogP contribution is -2.41. The van der Waals surface area contributed by atoms with E-state index in [2.05, 4.69) is 33.0 Å². The summed E-state index contributed by atoms with van der Waals surface area (Å²) in [6.45, 7) is 11.2. The number of hydrogen-bond donors (Lipinski definition) is 1. The van der Waals surface area contributed by atoms with Gasteiger partial charge in [0, 0.05) is 7.11 Å². The molecule has 0 aromatic heterocycles. The molecule has 1 N–H and O–H groups in total. The van der Waals surface area contributed by atoms with Gasteiger partial charge in [0.15, 0.2) is 0 Å². The highest BCUT2D eigenvalue weighted by molar-refractivity contribution is 5.27. The summed E-state index contributed by atoms with van der Waals surface area (Å²) in [5.41, 5.74) is 1.60. The first-order valence-corrected chi connectivity index (χ1v) is 7.33. The second-order valence-corrected chi connectivity index (χ2v) is 6.46. The Hall–Kier alpha value is -0.930. The largest absolute Gasteiger partial charge is 0.379 e. The molecule has 2 nitrogen and oxygen atoms in total. The summed E-state index contributed by atoms with van der Waals surface area (Å²) in [6, 6.07) is 5.44. The molecule has 114 valence electrons. The first kappa shape index (κ1) is 17.1. The van der Waals surface area contributed by atoms with Crippen LogP contribution in [0.5, 0.6) is 0 Å². The van der Waals surface area contributed by atoms with Crippen molar-refractivity contribution in [1.82, 2.24) is 5.32 Å². The fraction of sp³-hybridized carbons (Fsp3) is 0.647. The summed E-state index contributed by atoms with van der Waals surface area (Å²) in [7, 11) is 1.72. The summed E-state index contributed by atoms with van der Waals surface area (Å²) in [5, 5.41) is 3.50. The third kappa shape index (κ3) is 4.29. The second-order valence-electron chi connectivity index (χ2n) is 6.46. The molecule has 0 saturated heterocycles. The first-order chi connectivity index (χ1) is 9.31. The molecule has 0 saturated carbocycles. The molecule has 0 aliphatic rings. The molecule has 0 radical (unpaired) electrons. The normalized spacial score (nSPS) is 15.2. The summed E-state index contributed by atoms with van der Waals surface area (Å²) in [6.07, 6.45) is 1.02. The van der Waals surface area contributed by atoms with Crippen LogP contribution in [0.1, 0.15) is 51.3 Å². The molecule has 2 atom stereocenters. The highest BCUT2D eigenvalue weighted by Gasteiger charge is 2.33. The fourth-order valence-corrected chi connectivity index (χ4v) is 2.49. The molecule has 1 aromatic rings. The number of benzene rings is 1. The van der Waals surface area contributed by atoms with Gasteiger partial charge in [0.25, 0.3) is 0 Å². The van der Waals surface area contributed by atoms with Gasteiger partial charge < -0.3 is 10.1 Å². The van der Waals surface area contributed by atoms with E-state index in [0.29, 0.717) is 5.56 Å². The summed E-state index contributed by atoms with van der Waals surface area (Å²) in [4.78, 5) is 0. The van der Waals surface area contributed by atoms with Crippen LogP contribution in [-0.4, -0.2) is 19.8 Å². The average Bonchev–Trinajstić information content (AvgIpc) is 2.36. The van der Waals surface area contributed by atoms with E-state index in [0.717, 1.165) is 18.5 Å². The monoisotopic (exact) mass is 281 g/mol. The van der Waals surface area contributed by atoms with Crippen molar-refractivity contribution >= 4 is 0 Å². The van der Waals surface area contributed by atoms with Gasteiger partial charge in [0.2, 0.25) is 0 Å². The molecule has 0 bridgehead atoms. The summed E-state index contributed by atoms with van der Waals surface area (Å²) < 4.78 is 19.6. The van der Waals surface area contributed by atoms with Crippen LogP contribution in [0, 0.1) is 18.2 Å². The molecule has 20 heavy (non-hydrogen) atoms. The van der Waals surface area contributed by atoms with E-state index in [1.54, 1.807) is 20.1 Å². The zero-order valence-corrected chi connectivity index (χ0v) is 13.6. The van der Waals surface area contributed by atoms with Gasteiger partial charge in [-0.2, -0.15) is 0 Å². The Morgan fingerprint density at radius 1 is 1.30 bits per heavy atom. The van der Waals surface area contributed by atoms with E-state index in [9.17, 15) is 4.39 Å². The molecule has 0 heterocycles. The lowest BCUT2D eigenvalue weighted by Gasteiger charge is -2.37. The van der Waals surface area contributed by atoms with Gasteiger partial charge in [-0.1, -0.05) is 39.8 Å². The minimum atomic E-state index is -0.158. The lowest BCUT2D eigenvalue weighted by atomic mass is 9.81. The van der Waals surface area contributed by atoms with Crippen LogP contribution in [0.15, 0.2) is 18.2 Å². The highest BCUT2D eigenvalue weighted by Crippen LogP contribution is 2.33. The summed E-state index contributed by atoms with van der Waals surface area (Å²) >= 11 is 0. The van der Waals surface area contributed by atoms with Crippen LogP contribution < -0.4 is 5.32 Å². The average molecular weight is 281 g/mol. The maximum atomic E-state index is 13.9. The van der Waals surface area contributed by atoms with Gasteiger partial charge in [0.05, 0.1) is 12.1 Å². The molecule has 3 heteroatoms. The van der Waals surface area contributed by atoms with Crippen LogP contribution >= 0.6 is 0 Å². The number of methoxy groups -OCH3 is 1. The number of aryl methyl sites for hydroxylation is 1. The molecule has 1 rings (SSSR count). The molecule has 0 aliphatic carbocycles. The highest BCUT2D eigenvalue weighted by atomic mass is 19.1. The van der Waals surface area contributed by atoms with Gasteiger partial charge >= 0.3 is 0 Å². The van der Waals surface area contributed by atoms with E-state index in [-0.39, 0.29) is 23.4 Å². The van der Waals surface area contributed by atoms with Gasteiger partial charge in [-0.15, -0.1) is 0 Å². The van der Waals surface area contributed by atoms with E-state index in [4.69, 9.17) is 4.74 Å². The fourth-order valence-electron chi connectivity index (χ4n) is 2.49. The van der Waals surface area contributed by atoms with Crippen LogP contribution in [0.4, 0.5) is 4.39 Å². The molecular formula is C17H28FNO. The topological polar surface area (TPSA) is 21.3 Å². The Labute approximate surface area is 122 Å². The Morgan fingerprint density at radius 2 is 1.95 bits per heavy atom. The van der Waals surface area contributed by atoms with Crippen molar-refractivity contribution in [2.75, 3.05) is 13.7 Å². The third-order valence-corrected chi connectivity index (χ3v) is 3.58. The minimum absolute atomic E-state index is 0.00458. The Bertz CT molecular complexity index is 425. The maximum Gasteiger partial charge on any atom is 0.126 e. The SMILES string of the molecule is CCCNC(c1ccc(C)c(F)c1)C(OC)C(C)(C)C. The van der Waals surface area contributed by atoms with Gasteiger partial charge in [-0.3, -0.25) is 0 Å². The van der Waals surface area contributed by atoms with Crippen molar-refractivity contribution in [1.29, 1.82) is 0 Å². The van der Waals surface area contributed by atoms with Gasteiger partial charge in [-0.05, 0) is 42.5 Å². The third-order valence-electron chi connectivity index (χ3n) is 3.58. The molecule has 0 amide bonds. The van der Waals surface area contributed by atoms with Crippen molar-refractivity contribution in [3.05, 3.63) is 35.1 Å². The quantitative estimate of drug-likeness (QED) is 0.842. The van der Waals surface area contributed by atoms with E-state index < -0.39 is 0 Å². The van der Waals surface area contributed by atoms with Crippen molar-refractivity contribution < 1.29 is 9.13 Å². The maximum absolute atomic E-state index is 13.9. The van der Waals surface area contributed by atoms with E-state index >= 15 is 0 Å². The number of nitrogens with one attached hydrogen (secondary N) is 1. The number of halogens is 1. The zero-order valence-electron chi connectivity index (χ0n) is 13.6. The van der Waals surface area contributed by atoms with Crippen LogP contribution in [0.25, 0.3) is 0 Å². The number of hydrogen-bond acceptors (Lipinski definition) is 2. The van der Waals surface area contributed by atoms with Crippen LogP contribution in [0.3, 0.4) is 0 Å². The van der Waals surface area contributed by atoms with E-state index in [1.807, 2.05) is 12.1 Å². The smallest absolute Gasteiger partial charge is 0.126 e. The predicted molar refractivity (Wildman–Crippen MR) is 82.4 cm³/mol. The van der Waals surface area contributed by atoms with Crippen molar-refractivity contribution in [3.8, 4) is 0 Å². The Kier molecular flexibility index (Phi) is 6.15. The molecule has 0 fully saturated rings. The van der Waals surface area contributed by atoms with Crippen molar-refractivity contribution in [2.24, 2.45) is 5.41 Å². The Balaban J connectivity index is 3.12. The predicted octanol–water partition coefficient (Wildman–Crippen LogP) is 4.24. The van der Waals surface area contributed by atoms with E-state index in [1.165, 1.54) is 0 Å². The molecule has 2 unspecified atom stereocenters. The number of ether oxygens (including phenoxy) is 1. The second kappa shape index (κ2) is 7.19. The Morgan fingerprint density at radius 3 is 2.40 bits per heavy atom. The number of rotatable bonds is 6. The van der Waals surface area contributed by atoms with Gasteiger partial charge in [-0.25, -0.2) is 4.39 Å². The summed E-state index contributed by atoms with van der Waals surface area (Å²) in [5.74, 6) is -0.158.